The minimum Gasteiger partial charge on any atom is -0.491 e. The maximum absolute atomic E-state index is 13.3. The molecule has 7 unspecified atom stereocenters. The lowest BCUT2D eigenvalue weighted by atomic mass is 9.66. The fraction of sp³-hybridized carbons (Fsp3) is 0.618. The van der Waals surface area contributed by atoms with Crippen LogP contribution in [0.3, 0.4) is 0 Å². The third-order valence-electron chi connectivity index (χ3n) is 10.1. The highest BCUT2D eigenvalue weighted by Gasteiger charge is 2.40. The molecule has 1 saturated carbocycles. The molecule has 0 aromatic heterocycles. The summed E-state index contributed by atoms with van der Waals surface area (Å²) in [4.78, 5) is 15.7. The maximum Gasteiger partial charge on any atom is 0.263 e. The molecule has 0 radical (unpaired) electrons. The summed E-state index contributed by atoms with van der Waals surface area (Å²) in [5.74, 6) is 1.56. The SMILES string of the molecule is CCCc1cc(Cl)ccc1C1COc2ccc3cc2N(C1)CC1CCC1C(CS(C)(=O)=O)CCCC(C)C(C)S(=O)NC3=O. The molecule has 5 rings (SSSR count). The number of anilines is 1. The molecule has 1 N–H and O–H groups in total. The first-order chi connectivity index (χ1) is 20.9. The number of amides is 1. The molecule has 7 atom stereocenters. The number of carbonyl (C=O) groups excluding carboxylic acids is 1. The van der Waals surface area contributed by atoms with Crippen molar-refractivity contribution in [2.45, 2.75) is 76.9 Å². The minimum absolute atomic E-state index is 0.0873. The molecule has 2 aliphatic heterocycles. The molecule has 2 aromatic rings. The second-order valence-corrected chi connectivity index (χ2v) is 17.5. The number of carbonyl (C=O) groups is 1. The van der Waals surface area contributed by atoms with Crippen LogP contribution in [-0.2, 0) is 27.2 Å². The van der Waals surface area contributed by atoms with E-state index in [1.54, 1.807) is 6.07 Å². The molecule has 2 bridgehead atoms. The first kappa shape index (κ1) is 33.3. The van der Waals surface area contributed by atoms with Crippen molar-refractivity contribution in [1.82, 2.24) is 4.72 Å². The maximum atomic E-state index is 13.3. The van der Waals surface area contributed by atoms with E-state index >= 15 is 0 Å². The van der Waals surface area contributed by atoms with Gasteiger partial charge in [0.05, 0.1) is 23.3 Å². The van der Waals surface area contributed by atoms with Crippen LogP contribution in [0.25, 0.3) is 0 Å². The normalized spacial score (nSPS) is 29.9. The third-order valence-corrected chi connectivity index (χ3v) is 12.9. The van der Waals surface area contributed by atoms with Crippen molar-refractivity contribution < 1.29 is 22.2 Å². The van der Waals surface area contributed by atoms with Crippen LogP contribution in [-0.4, -0.2) is 55.5 Å². The van der Waals surface area contributed by atoms with Gasteiger partial charge >= 0.3 is 0 Å². The number of sulfone groups is 1. The Morgan fingerprint density at radius 2 is 1.86 bits per heavy atom. The van der Waals surface area contributed by atoms with Crippen LogP contribution < -0.4 is 14.4 Å². The Hall–Kier alpha value is -2.10. The second-order valence-electron chi connectivity index (χ2n) is 13.4. The van der Waals surface area contributed by atoms with Gasteiger partial charge in [0.15, 0.2) is 0 Å². The second kappa shape index (κ2) is 14.1. The molecule has 44 heavy (non-hydrogen) atoms. The smallest absolute Gasteiger partial charge is 0.263 e. The van der Waals surface area contributed by atoms with Crippen molar-refractivity contribution in [2.24, 2.45) is 23.7 Å². The lowest BCUT2D eigenvalue weighted by molar-refractivity contribution is 0.0982. The van der Waals surface area contributed by atoms with E-state index in [1.165, 1.54) is 17.4 Å². The van der Waals surface area contributed by atoms with E-state index in [4.69, 9.17) is 16.3 Å². The van der Waals surface area contributed by atoms with Gasteiger partial charge in [-0.15, -0.1) is 0 Å². The van der Waals surface area contributed by atoms with E-state index < -0.39 is 20.8 Å². The highest BCUT2D eigenvalue weighted by atomic mass is 35.5. The molecule has 1 amide bonds. The van der Waals surface area contributed by atoms with E-state index in [-0.39, 0.29) is 34.7 Å². The largest absolute Gasteiger partial charge is 0.491 e. The molecular weight excluding hydrogens is 616 g/mol. The number of fused-ring (bicyclic) bond motifs is 2. The molecule has 1 fully saturated rings. The number of benzene rings is 2. The molecule has 0 saturated heterocycles. The van der Waals surface area contributed by atoms with Crippen molar-refractivity contribution in [3.63, 3.8) is 0 Å². The summed E-state index contributed by atoms with van der Waals surface area (Å²) < 4.78 is 47.5. The van der Waals surface area contributed by atoms with E-state index in [2.05, 4.69) is 35.6 Å². The topological polar surface area (TPSA) is 92.8 Å². The van der Waals surface area contributed by atoms with Gasteiger partial charge in [0.2, 0.25) is 0 Å². The van der Waals surface area contributed by atoms with E-state index in [0.29, 0.717) is 30.6 Å². The van der Waals surface area contributed by atoms with Crippen molar-refractivity contribution in [2.75, 3.05) is 36.6 Å². The van der Waals surface area contributed by atoms with E-state index in [0.717, 1.165) is 68.0 Å². The number of hydrogen-bond acceptors (Lipinski definition) is 6. The van der Waals surface area contributed by atoms with E-state index in [1.807, 2.05) is 25.1 Å². The van der Waals surface area contributed by atoms with E-state index in [9.17, 15) is 17.4 Å². The van der Waals surface area contributed by atoms with Crippen molar-refractivity contribution in [1.29, 1.82) is 0 Å². The summed E-state index contributed by atoms with van der Waals surface area (Å²) in [6.45, 7) is 8.11. The zero-order valence-corrected chi connectivity index (χ0v) is 28.8. The van der Waals surface area contributed by atoms with Crippen LogP contribution in [0.2, 0.25) is 5.02 Å². The molecule has 3 aliphatic rings. The van der Waals surface area contributed by atoms with Gasteiger partial charge in [-0.3, -0.25) is 9.52 Å². The Morgan fingerprint density at radius 3 is 2.57 bits per heavy atom. The summed E-state index contributed by atoms with van der Waals surface area (Å²) in [7, 11) is -4.68. The summed E-state index contributed by atoms with van der Waals surface area (Å²) in [5, 5.41) is 0.501. The number of hydrogen-bond donors (Lipinski definition) is 1. The van der Waals surface area contributed by atoms with Gasteiger partial charge in [0.1, 0.15) is 26.6 Å². The van der Waals surface area contributed by atoms with Crippen LogP contribution in [0.4, 0.5) is 5.69 Å². The molecule has 10 heteroatoms. The Bertz CT molecular complexity index is 1480. The van der Waals surface area contributed by atoms with Gasteiger partial charge in [0, 0.05) is 35.8 Å². The molecular formula is C34H47ClN2O5S2. The quantitative estimate of drug-likeness (QED) is 0.390. The minimum atomic E-state index is -3.14. The van der Waals surface area contributed by atoms with Crippen molar-refractivity contribution >= 4 is 44.0 Å². The number of rotatable bonds is 5. The molecule has 2 heterocycles. The highest BCUT2D eigenvalue weighted by Crippen LogP contribution is 2.45. The monoisotopic (exact) mass is 662 g/mol. The van der Waals surface area contributed by atoms with Gasteiger partial charge in [-0.1, -0.05) is 44.4 Å². The molecule has 7 nitrogen and oxygen atoms in total. The summed E-state index contributed by atoms with van der Waals surface area (Å²) >= 11 is 6.41. The molecule has 2 aromatic carbocycles. The Morgan fingerprint density at radius 1 is 1.07 bits per heavy atom. The summed E-state index contributed by atoms with van der Waals surface area (Å²) in [6.07, 6.45) is 7.92. The van der Waals surface area contributed by atoms with Gasteiger partial charge in [-0.05, 0) is 104 Å². The predicted molar refractivity (Wildman–Crippen MR) is 180 cm³/mol. The lowest BCUT2D eigenvalue weighted by Crippen LogP contribution is -2.44. The van der Waals surface area contributed by atoms with Crippen LogP contribution >= 0.6 is 11.6 Å². The number of ether oxygens (including phenoxy) is 1. The first-order valence-corrected chi connectivity index (χ1v) is 19.8. The fourth-order valence-corrected chi connectivity index (χ4v) is 9.81. The number of nitrogens with one attached hydrogen (secondary N) is 1. The van der Waals surface area contributed by atoms with Crippen LogP contribution in [0, 0.1) is 23.7 Å². The standard InChI is InChI=1S/C34H47ClN2O5S2/c1-5-7-24-16-29(35)12-14-30(24)28-19-37-18-26-10-13-31(26)27(21-44(4,40)41)9-6-8-22(2)23(3)43(39)36-34(38)25-11-15-33(42-20-28)32(37)17-25/h11-12,14-17,22-23,26-28,31H,5-10,13,18-21H2,1-4H3,(H,36,38). The van der Waals surface area contributed by atoms with Crippen LogP contribution in [0.1, 0.15) is 86.7 Å². The van der Waals surface area contributed by atoms with Gasteiger partial charge in [-0.25, -0.2) is 12.6 Å². The fourth-order valence-electron chi connectivity index (χ4n) is 7.38. The zero-order valence-electron chi connectivity index (χ0n) is 26.4. The lowest BCUT2D eigenvalue weighted by Gasteiger charge is -2.45. The summed E-state index contributed by atoms with van der Waals surface area (Å²) in [5.41, 5.74) is 3.77. The van der Waals surface area contributed by atoms with Gasteiger partial charge in [-0.2, -0.15) is 0 Å². The Balaban J connectivity index is 1.54. The molecule has 0 spiro atoms. The number of nitrogens with zero attached hydrogens (tertiary/aromatic N) is 1. The Labute approximate surface area is 271 Å². The van der Waals surface area contributed by atoms with Gasteiger partial charge in [0.25, 0.3) is 5.91 Å². The van der Waals surface area contributed by atoms with Crippen LogP contribution in [0.5, 0.6) is 5.75 Å². The van der Waals surface area contributed by atoms with Crippen molar-refractivity contribution in [3.05, 3.63) is 58.1 Å². The zero-order chi connectivity index (χ0) is 31.6. The average molecular weight is 663 g/mol. The highest BCUT2D eigenvalue weighted by molar-refractivity contribution is 7.90. The summed E-state index contributed by atoms with van der Waals surface area (Å²) in [6, 6.07) is 11.6. The van der Waals surface area contributed by atoms with Crippen LogP contribution in [0.15, 0.2) is 36.4 Å². The third kappa shape index (κ3) is 7.81. The molecule has 1 aliphatic carbocycles. The predicted octanol–water partition coefficient (Wildman–Crippen LogP) is 6.56. The van der Waals surface area contributed by atoms with Crippen molar-refractivity contribution in [3.8, 4) is 5.75 Å². The first-order valence-electron chi connectivity index (χ1n) is 16.1. The average Bonchev–Trinajstić information content (AvgIpc) is 3.12. The Kier molecular flexibility index (Phi) is 10.7. The molecule has 242 valence electrons. The number of halogens is 1. The number of aryl methyl sites for hydroxylation is 1. The van der Waals surface area contributed by atoms with Gasteiger partial charge < -0.3 is 9.64 Å².